The molecular formula is C16H12N6OS. The van der Waals surface area contributed by atoms with Crippen LogP contribution in [0.15, 0.2) is 64.4 Å². The van der Waals surface area contributed by atoms with Crippen LogP contribution < -0.4 is 0 Å². The molecule has 7 nitrogen and oxygen atoms in total. The molecule has 0 radical (unpaired) electrons. The second kappa shape index (κ2) is 6.63. The number of aromatic nitrogens is 6. The number of benzene rings is 1. The molecule has 0 aliphatic rings. The van der Waals surface area contributed by atoms with Gasteiger partial charge in [-0.15, -0.1) is 15.3 Å². The summed E-state index contributed by atoms with van der Waals surface area (Å²) in [5, 5.41) is 15.9. The van der Waals surface area contributed by atoms with Crippen LogP contribution in [-0.2, 0) is 5.75 Å². The van der Waals surface area contributed by atoms with Crippen LogP contribution in [0.4, 0.5) is 0 Å². The van der Waals surface area contributed by atoms with E-state index in [2.05, 4.69) is 30.4 Å². The zero-order valence-corrected chi connectivity index (χ0v) is 13.3. The number of pyridine rings is 1. The summed E-state index contributed by atoms with van der Waals surface area (Å²) < 4.78 is 5.67. The lowest BCUT2D eigenvalue weighted by atomic mass is 10.2. The quantitative estimate of drug-likeness (QED) is 0.559. The van der Waals surface area contributed by atoms with Crippen molar-refractivity contribution < 1.29 is 4.42 Å². The predicted octanol–water partition coefficient (Wildman–Crippen LogP) is 3.21. The highest BCUT2D eigenvalue weighted by molar-refractivity contribution is 7.98. The van der Waals surface area contributed by atoms with Crippen LogP contribution in [0.3, 0.4) is 0 Å². The molecule has 0 aliphatic heterocycles. The Morgan fingerprint density at radius 2 is 1.79 bits per heavy atom. The Hall–Kier alpha value is -3.00. The van der Waals surface area contributed by atoms with Crippen molar-refractivity contribution in [2.24, 2.45) is 0 Å². The summed E-state index contributed by atoms with van der Waals surface area (Å²) in [6, 6.07) is 13.4. The van der Waals surface area contributed by atoms with E-state index in [0.29, 0.717) is 28.5 Å². The highest BCUT2D eigenvalue weighted by atomic mass is 32.2. The molecule has 0 aliphatic carbocycles. The number of H-pyrrole nitrogens is 1. The molecule has 4 rings (SSSR count). The molecule has 0 fully saturated rings. The molecule has 24 heavy (non-hydrogen) atoms. The van der Waals surface area contributed by atoms with E-state index in [0.717, 1.165) is 11.1 Å². The zero-order valence-electron chi connectivity index (χ0n) is 12.5. The second-order valence-electron chi connectivity index (χ2n) is 4.86. The molecule has 0 saturated carbocycles. The average molecular weight is 336 g/mol. The summed E-state index contributed by atoms with van der Waals surface area (Å²) in [4.78, 5) is 8.43. The molecule has 1 N–H and O–H groups in total. The number of hydrogen-bond acceptors (Lipinski definition) is 7. The minimum Gasteiger partial charge on any atom is -0.420 e. The van der Waals surface area contributed by atoms with E-state index >= 15 is 0 Å². The molecule has 8 heteroatoms. The van der Waals surface area contributed by atoms with Gasteiger partial charge in [0, 0.05) is 23.5 Å². The Bertz CT molecular complexity index is 844. The van der Waals surface area contributed by atoms with Crippen LogP contribution in [0, 0.1) is 0 Å². The van der Waals surface area contributed by atoms with Gasteiger partial charge in [-0.3, -0.25) is 10.1 Å². The van der Waals surface area contributed by atoms with E-state index in [4.69, 9.17) is 4.42 Å². The van der Waals surface area contributed by atoms with Crippen LogP contribution in [-0.4, -0.2) is 30.4 Å². The first-order valence-electron chi connectivity index (χ1n) is 7.22. The Morgan fingerprint density at radius 3 is 2.62 bits per heavy atom. The summed E-state index contributed by atoms with van der Waals surface area (Å²) in [5.41, 5.74) is 1.84. The van der Waals surface area contributed by atoms with Crippen LogP contribution in [0.5, 0.6) is 0 Å². The highest BCUT2D eigenvalue weighted by Crippen LogP contribution is 2.23. The van der Waals surface area contributed by atoms with E-state index in [1.54, 1.807) is 12.4 Å². The van der Waals surface area contributed by atoms with Crippen molar-refractivity contribution in [3.63, 3.8) is 0 Å². The van der Waals surface area contributed by atoms with Crippen LogP contribution in [0.25, 0.3) is 22.8 Å². The SMILES string of the molecule is c1ccc(-c2nnc(CSc3n[nH]c(-c4ccncc4)n3)o2)cc1. The van der Waals surface area contributed by atoms with Crippen molar-refractivity contribution >= 4 is 11.8 Å². The Balaban J connectivity index is 1.43. The van der Waals surface area contributed by atoms with Crippen LogP contribution in [0.2, 0.25) is 0 Å². The molecule has 0 spiro atoms. The maximum Gasteiger partial charge on any atom is 0.247 e. The molecule has 0 atom stereocenters. The molecule has 1 aromatic carbocycles. The van der Waals surface area contributed by atoms with Gasteiger partial charge in [-0.1, -0.05) is 30.0 Å². The van der Waals surface area contributed by atoms with Crippen molar-refractivity contribution in [1.82, 2.24) is 30.4 Å². The number of hydrogen-bond donors (Lipinski definition) is 1. The van der Waals surface area contributed by atoms with E-state index in [9.17, 15) is 0 Å². The first-order valence-corrected chi connectivity index (χ1v) is 8.20. The fourth-order valence-electron chi connectivity index (χ4n) is 2.09. The molecule has 0 amide bonds. The third kappa shape index (κ3) is 3.18. The van der Waals surface area contributed by atoms with Crippen molar-refractivity contribution in [3.05, 3.63) is 60.7 Å². The van der Waals surface area contributed by atoms with E-state index in [-0.39, 0.29) is 0 Å². The lowest BCUT2D eigenvalue weighted by molar-refractivity contribution is 0.528. The summed E-state index contributed by atoms with van der Waals surface area (Å²) in [6.07, 6.45) is 3.43. The van der Waals surface area contributed by atoms with E-state index in [1.165, 1.54) is 11.8 Å². The smallest absolute Gasteiger partial charge is 0.247 e. The van der Waals surface area contributed by atoms with Crippen molar-refractivity contribution in [2.45, 2.75) is 10.9 Å². The van der Waals surface area contributed by atoms with Gasteiger partial charge in [-0.2, -0.15) is 0 Å². The number of aromatic amines is 1. The first-order chi connectivity index (χ1) is 11.9. The zero-order chi connectivity index (χ0) is 16.2. The minimum atomic E-state index is 0.507. The third-order valence-corrected chi connectivity index (χ3v) is 4.06. The number of thioether (sulfide) groups is 1. The highest BCUT2D eigenvalue weighted by Gasteiger charge is 2.11. The van der Waals surface area contributed by atoms with Crippen molar-refractivity contribution in [2.75, 3.05) is 0 Å². The molecule has 0 unspecified atom stereocenters. The molecular weight excluding hydrogens is 324 g/mol. The topological polar surface area (TPSA) is 93.4 Å². The second-order valence-corrected chi connectivity index (χ2v) is 5.80. The summed E-state index contributed by atoms with van der Waals surface area (Å²) in [7, 11) is 0. The Labute approximate surface area is 141 Å². The monoisotopic (exact) mass is 336 g/mol. The van der Waals surface area contributed by atoms with Gasteiger partial charge in [0.1, 0.15) is 0 Å². The molecule has 0 saturated heterocycles. The number of nitrogens with zero attached hydrogens (tertiary/aromatic N) is 5. The van der Waals surface area contributed by atoms with Gasteiger partial charge in [-0.25, -0.2) is 4.98 Å². The number of nitrogens with one attached hydrogen (secondary N) is 1. The fourth-order valence-corrected chi connectivity index (χ4v) is 2.72. The minimum absolute atomic E-state index is 0.507. The van der Waals surface area contributed by atoms with Gasteiger partial charge in [0.2, 0.25) is 16.9 Å². The molecule has 118 valence electrons. The Kier molecular flexibility index (Phi) is 4.03. The molecule has 0 bridgehead atoms. The van der Waals surface area contributed by atoms with Crippen LogP contribution in [0.1, 0.15) is 5.89 Å². The maximum absolute atomic E-state index is 5.67. The van der Waals surface area contributed by atoms with E-state index < -0.39 is 0 Å². The van der Waals surface area contributed by atoms with Gasteiger partial charge in [0.05, 0.1) is 5.75 Å². The van der Waals surface area contributed by atoms with Gasteiger partial charge in [-0.05, 0) is 24.3 Å². The third-order valence-electron chi connectivity index (χ3n) is 3.23. The van der Waals surface area contributed by atoms with Crippen molar-refractivity contribution in [1.29, 1.82) is 0 Å². The summed E-state index contributed by atoms with van der Waals surface area (Å²) in [6.45, 7) is 0. The summed E-state index contributed by atoms with van der Waals surface area (Å²) >= 11 is 1.43. The molecule has 3 heterocycles. The van der Waals surface area contributed by atoms with Gasteiger partial charge in [0.15, 0.2) is 5.82 Å². The molecule has 4 aromatic rings. The lowest BCUT2D eigenvalue weighted by Gasteiger charge is -1.93. The predicted molar refractivity (Wildman–Crippen MR) is 88.9 cm³/mol. The fraction of sp³-hybridized carbons (Fsp3) is 0.0625. The number of rotatable bonds is 5. The first kappa shape index (κ1) is 14.6. The maximum atomic E-state index is 5.67. The normalized spacial score (nSPS) is 10.8. The van der Waals surface area contributed by atoms with Gasteiger partial charge >= 0.3 is 0 Å². The van der Waals surface area contributed by atoms with Crippen LogP contribution >= 0.6 is 11.8 Å². The van der Waals surface area contributed by atoms with Gasteiger partial charge in [0.25, 0.3) is 0 Å². The molecule has 3 aromatic heterocycles. The van der Waals surface area contributed by atoms with E-state index in [1.807, 2.05) is 42.5 Å². The van der Waals surface area contributed by atoms with Gasteiger partial charge < -0.3 is 4.42 Å². The summed E-state index contributed by atoms with van der Waals surface area (Å²) in [5.74, 6) is 2.26. The largest absolute Gasteiger partial charge is 0.420 e. The standard InChI is InChI=1S/C16H12N6OS/c1-2-4-12(5-3-1)15-21-19-13(23-15)10-24-16-18-14(20-22-16)11-6-8-17-9-7-11/h1-9H,10H2,(H,18,20,22). The lowest BCUT2D eigenvalue weighted by Crippen LogP contribution is -1.82. The Morgan fingerprint density at radius 1 is 0.958 bits per heavy atom. The van der Waals surface area contributed by atoms with Crippen molar-refractivity contribution in [3.8, 4) is 22.8 Å². The average Bonchev–Trinajstić information content (AvgIpc) is 3.31.